The maximum absolute atomic E-state index is 11.8. The van der Waals surface area contributed by atoms with E-state index in [1.54, 1.807) is 13.2 Å². The summed E-state index contributed by atoms with van der Waals surface area (Å²) in [6, 6.07) is 0.0644. The maximum atomic E-state index is 11.8. The molecule has 0 aromatic carbocycles. The molecule has 0 aromatic rings. The third-order valence-corrected chi connectivity index (χ3v) is 2.82. The van der Waals surface area contributed by atoms with Crippen molar-refractivity contribution in [2.45, 2.75) is 41.2 Å². The minimum absolute atomic E-state index is 0. The Hall–Kier alpha value is 1.62. The molecule has 0 spiro atoms. The van der Waals surface area contributed by atoms with Crippen molar-refractivity contribution < 1.29 is 93.4 Å². The van der Waals surface area contributed by atoms with Gasteiger partial charge in [-0.3, -0.25) is 0 Å². The second-order valence-corrected chi connectivity index (χ2v) is 3.91. The van der Waals surface area contributed by atoms with Crippen molar-refractivity contribution in [2.24, 2.45) is 11.8 Å². The largest absolute Gasteiger partial charge is 0.467 e. The first-order valence-electron chi connectivity index (χ1n) is 5.73. The average Bonchev–Trinajstić information content (AvgIpc) is 2.63. The van der Waals surface area contributed by atoms with Crippen molar-refractivity contribution in [2.75, 3.05) is 0 Å². The molecule has 1 aliphatic carbocycles. The fraction of sp³-hybridized carbons (Fsp3) is 0.571. The molecule has 20 heavy (non-hydrogen) atoms. The number of carbonyl (C=O) groups excluding carboxylic acids is 2. The number of ketones is 1. The number of rotatable bonds is 1. The average molecular weight is 618 g/mol. The standard InChI is InChI=1S/C11H12NO2.C2H6.CH4.U.V.Y.H2/c1-6-3-8-10(4-6)12-7(2)9(5-13)11(8)14;1-2;;;;;/h3-4,6,8,10,12H,1-2H3;1-2H3;1H4;;;;1H/q-3;;;;;;/i;;;;;;1+2. The molecule has 3 nitrogen and oxygen atoms in total. The fourth-order valence-electron chi connectivity index (χ4n) is 2.15. The topological polar surface area (TPSA) is 46.2 Å². The van der Waals surface area contributed by atoms with E-state index in [1.165, 1.54) is 0 Å². The van der Waals surface area contributed by atoms with E-state index in [2.05, 4.69) is 11.7 Å². The van der Waals surface area contributed by atoms with E-state index < -0.39 is 0 Å². The Labute approximate surface area is 185 Å². The van der Waals surface area contributed by atoms with Gasteiger partial charge in [-0.05, 0) is 0 Å². The number of allylic oxidation sites excluding steroid dienone is 2. The van der Waals surface area contributed by atoms with Gasteiger partial charge in [0.15, 0.2) is 0 Å². The van der Waals surface area contributed by atoms with Crippen LogP contribution in [0.5, 0.6) is 0 Å². The molecule has 6 heteroatoms. The Bertz CT molecular complexity index is 343. The van der Waals surface area contributed by atoms with Crippen LogP contribution in [0.4, 0.5) is 0 Å². The summed E-state index contributed by atoms with van der Waals surface area (Å²) < 4.78 is 0. The Morgan fingerprint density at radius 2 is 1.80 bits per heavy atom. The van der Waals surface area contributed by atoms with Crippen LogP contribution < -0.4 is 5.32 Å². The smallest absolute Gasteiger partial charge is 0.0676 e. The van der Waals surface area contributed by atoms with Crippen LogP contribution in [0.15, 0.2) is 11.3 Å². The summed E-state index contributed by atoms with van der Waals surface area (Å²) in [5.74, 6) is 0.0484. The number of Topliss-reactive ketones (excluding diaryl/α,β-unsaturated/α-hetero) is 1. The quantitative estimate of drug-likeness (QED) is 0.363. The zero-order chi connectivity index (χ0) is 12.3. The number of hydrogen-bond donors (Lipinski definition) is 1. The molecule has 1 N–H and O–H groups in total. The molecule has 112 valence electrons. The van der Waals surface area contributed by atoms with Crippen molar-refractivity contribution in [1.29, 1.82) is 0 Å². The second kappa shape index (κ2) is 14.2. The first-order chi connectivity index (χ1) is 7.63. The first kappa shape index (κ1) is 29.6. The van der Waals surface area contributed by atoms with E-state index in [9.17, 15) is 9.59 Å². The zero-order valence-electron chi connectivity index (χ0n) is 11.7. The van der Waals surface area contributed by atoms with Crippen LogP contribution in [0, 0.1) is 55.8 Å². The molecular formula is C14H24NO2UVY-3. The maximum Gasteiger partial charge on any atom is 0.0676 e. The Kier molecular flexibility index (Phi) is 21.1. The van der Waals surface area contributed by atoms with Crippen LogP contribution in [0.2, 0.25) is 0 Å². The van der Waals surface area contributed by atoms with Gasteiger partial charge in [-0.2, -0.15) is 5.92 Å². The Morgan fingerprint density at radius 1 is 1.30 bits per heavy atom. The van der Waals surface area contributed by atoms with Crippen molar-refractivity contribution in [3.63, 3.8) is 0 Å². The molecule has 2 radical (unpaired) electrons. The third-order valence-electron chi connectivity index (χ3n) is 2.82. The van der Waals surface area contributed by atoms with Gasteiger partial charge in [0.05, 0.1) is 6.29 Å². The predicted octanol–water partition coefficient (Wildman–Crippen LogP) is 2.49. The Balaban J connectivity index is -0.000000117. The van der Waals surface area contributed by atoms with Gasteiger partial charge in [0, 0.05) is 89.6 Å². The van der Waals surface area contributed by atoms with Crippen LogP contribution in [-0.2, 0) is 60.9 Å². The van der Waals surface area contributed by atoms with E-state index in [4.69, 9.17) is 0 Å². The monoisotopic (exact) mass is 618 g/mol. The van der Waals surface area contributed by atoms with E-state index in [1.807, 2.05) is 27.2 Å². The van der Waals surface area contributed by atoms with Gasteiger partial charge in [-0.15, -0.1) is 13.0 Å². The molecular weight excluding hydrogens is 592 g/mol. The molecule has 0 bridgehead atoms. The van der Waals surface area contributed by atoms with E-state index in [-0.39, 0.29) is 115 Å². The molecule has 1 aliphatic heterocycles. The number of nitrogens with one attached hydrogen (secondary N) is 1. The van der Waals surface area contributed by atoms with Gasteiger partial charge in [0.25, 0.3) is 0 Å². The van der Waals surface area contributed by atoms with Gasteiger partial charge in [-0.1, -0.05) is 39.5 Å². The molecule has 1 heterocycles. The first-order valence-corrected chi connectivity index (χ1v) is 5.73. The molecule has 2 rings (SSSR count). The summed E-state index contributed by atoms with van der Waals surface area (Å²) in [4.78, 5) is 22.4. The minimum Gasteiger partial charge on any atom is -0.467 e. The van der Waals surface area contributed by atoms with Gasteiger partial charge in [-0.25, -0.2) is 0 Å². The van der Waals surface area contributed by atoms with Crippen molar-refractivity contribution in [3.8, 4) is 0 Å². The van der Waals surface area contributed by atoms with Crippen LogP contribution in [-0.4, -0.2) is 18.1 Å². The van der Waals surface area contributed by atoms with E-state index in [0.29, 0.717) is 11.6 Å². The van der Waals surface area contributed by atoms with Crippen LogP contribution in [0.3, 0.4) is 0 Å². The second-order valence-electron chi connectivity index (χ2n) is 3.91. The molecule has 1 saturated carbocycles. The molecule has 3 unspecified atom stereocenters. The van der Waals surface area contributed by atoms with Crippen molar-refractivity contribution in [3.05, 3.63) is 24.1 Å². The Morgan fingerprint density at radius 3 is 2.25 bits per heavy atom. The van der Waals surface area contributed by atoms with Gasteiger partial charge < -0.3 is 33.7 Å². The van der Waals surface area contributed by atoms with Crippen LogP contribution in [0.1, 0.15) is 36.5 Å². The summed E-state index contributed by atoms with van der Waals surface area (Å²) in [6.45, 7) is 7.78. The SMILES string of the molecule is C.CC.CC1=C([C-]=O)C(=O)C2[CH-]C(C)[CH-]C2N1.[3HH].[U].[V].[Y]. The van der Waals surface area contributed by atoms with E-state index >= 15 is 0 Å². The molecule has 0 amide bonds. The van der Waals surface area contributed by atoms with Gasteiger partial charge >= 0.3 is 0 Å². The summed E-state index contributed by atoms with van der Waals surface area (Å²) in [5.41, 5.74) is 0.815. The van der Waals surface area contributed by atoms with Gasteiger partial charge in [0.1, 0.15) is 0 Å². The van der Waals surface area contributed by atoms with Crippen LogP contribution >= 0.6 is 0 Å². The van der Waals surface area contributed by atoms with Crippen molar-refractivity contribution >= 4 is 12.1 Å². The minimum atomic E-state index is -0.176. The number of fused-ring (bicyclic) bond motifs is 1. The molecule has 1 fully saturated rings. The van der Waals surface area contributed by atoms with Gasteiger partial charge in [0.2, 0.25) is 0 Å². The number of carbonyl (C=O) groups is 1. The number of hydrogen-bond acceptors (Lipinski definition) is 3. The summed E-state index contributed by atoms with van der Waals surface area (Å²) in [5, 5.41) is 3.15. The van der Waals surface area contributed by atoms with Crippen molar-refractivity contribution in [1.82, 2.24) is 5.32 Å². The third kappa shape index (κ3) is 6.80. The normalized spacial score (nSPS) is 26.0. The molecule has 2 aliphatic rings. The predicted molar refractivity (Wildman–Crippen MR) is 71.8 cm³/mol. The molecule has 0 aromatic heterocycles. The molecule has 0 saturated heterocycles. The zero-order valence-corrected chi connectivity index (χ0v) is 20.1. The summed E-state index contributed by atoms with van der Waals surface area (Å²) >= 11 is 0. The van der Waals surface area contributed by atoms with Crippen LogP contribution in [0.25, 0.3) is 0 Å². The van der Waals surface area contributed by atoms with E-state index in [0.717, 1.165) is 0 Å². The summed E-state index contributed by atoms with van der Waals surface area (Å²) in [7, 11) is 0. The summed E-state index contributed by atoms with van der Waals surface area (Å²) in [6.07, 6.45) is 5.78. The molecule has 3 atom stereocenters. The fourth-order valence-corrected chi connectivity index (χ4v) is 2.15.